The minimum absolute atomic E-state index is 0.178. The largest absolute Gasteiger partial charge is 0.545 e. The van der Waals surface area contributed by atoms with Gasteiger partial charge in [0.15, 0.2) is 5.78 Å². The molecule has 3 nitrogen and oxygen atoms in total. The number of rotatable bonds is 3. The zero-order valence-corrected chi connectivity index (χ0v) is 9.25. The van der Waals surface area contributed by atoms with Crippen LogP contribution in [0, 0.1) is 0 Å². The monoisotopic (exact) mass is 257 g/mol. The number of carboxylic acids is 1. The van der Waals surface area contributed by atoms with Gasteiger partial charge < -0.3 is 9.90 Å². The summed E-state index contributed by atoms with van der Waals surface area (Å²) in [5.41, 5.74) is -1.26. The number of hydrogen-bond acceptors (Lipinski definition) is 3. The maximum absolute atomic E-state index is 12.3. The molecule has 0 bridgehead atoms. The first-order chi connectivity index (χ1) is 8.21. The Hall–Kier alpha value is -2.11. The van der Waals surface area contributed by atoms with Gasteiger partial charge in [-0.15, -0.1) is 0 Å². The predicted molar refractivity (Wildman–Crippen MR) is 55.1 cm³/mol. The van der Waals surface area contributed by atoms with E-state index in [2.05, 4.69) is 0 Å². The van der Waals surface area contributed by atoms with Gasteiger partial charge in [0, 0.05) is 5.57 Å². The lowest BCUT2D eigenvalue weighted by atomic mass is 10.1. The fourth-order valence-electron chi connectivity index (χ4n) is 1.24. The number of benzene rings is 1. The third-order valence-corrected chi connectivity index (χ3v) is 2.15. The van der Waals surface area contributed by atoms with E-state index in [9.17, 15) is 27.9 Å². The zero-order chi connectivity index (χ0) is 13.9. The Balaban J connectivity index is 3.09. The van der Waals surface area contributed by atoms with E-state index in [1.165, 1.54) is 0 Å². The van der Waals surface area contributed by atoms with Crippen LogP contribution < -0.4 is 5.11 Å². The summed E-state index contributed by atoms with van der Waals surface area (Å²) >= 11 is 0. The number of halogens is 3. The first-order valence-corrected chi connectivity index (χ1v) is 4.83. The van der Waals surface area contributed by atoms with Crippen molar-refractivity contribution < 1.29 is 27.9 Å². The molecule has 0 radical (unpaired) electrons. The van der Waals surface area contributed by atoms with Crippen LogP contribution in [0.15, 0.2) is 29.8 Å². The van der Waals surface area contributed by atoms with Gasteiger partial charge in [0.1, 0.15) is 0 Å². The highest BCUT2D eigenvalue weighted by molar-refractivity contribution is 6.18. The van der Waals surface area contributed by atoms with E-state index in [1.807, 2.05) is 0 Å². The molecule has 0 aromatic heterocycles. The van der Waals surface area contributed by atoms with Gasteiger partial charge in [-0.25, -0.2) is 0 Å². The second-order valence-corrected chi connectivity index (χ2v) is 3.52. The maximum atomic E-state index is 12.3. The summed E-state index contributed by atoms with van der Waals surface area (Å²) in [6.07, 6.45) is -3.49. The van der Waals surface area contributed by atoms with Crippen LogP contribution in [0.5, 0.6) is 0 Å². The molecule has 1 aromatic rings. The van der Waals surface area contributed by atoms with Crippen molar-refractivity contribution in [2.24, 2.45) is 0 Å². The molecule has 96 valence electrons. The summed E-state index contributed by atoms with van der Waals surface area (Å²) in [6, 6.07) is 3.77. The highest BCUT2D eigenvalue weighted by Crippen LogP contribution is 2.29. The maximum Gasteiger partial charge on any atom is 0.416 e. The van der Waals surface area contributed by atoms with Gasteiger partial charge in [-0.1, -0.05) is 12.1 Å². The zero-order valence-electron chi connectivity index (χ0n) is 9.25. The Kier molecular flexibility index (Phi) is 3.90. The lowest BCUT2D eigenvalue weighted by Gasteiger charge is -2.07. The molecule has 1 rings (SSSR count). The van der Waals surface area contributed by atoms with Gasteiger partial charge in [-0.2, -0.15) is 13.2 Å². The van der Waals surface area contributed by atoms with Crippen LogP contribution in [0.25, 0.3) is 6.08 Å². The Labute approximate surface area is 101 Å². The van der Waals surface area contributed by atoms with Crippen molar-refractivity contribution >= 4 is 17.8 Å². The number of alkyl halides is 3. The normalized spacial score (nSPS) is 12.3. The van der Waals surface area contributed by atoms with Crippen LogP contribution in [0.1, 0.15) is 18.1 Å². The molecule has 0 spiro atoms. The summed E-state index contributed by atoms with van der Waals surface area (Å²) in [6.45, 7) is 1.03. The molecule has 0 saturated heterocycles. The summed E-state index contributed by atoms with van der Waals surface area (Å²) in [5.74, 6) is -2.39. The molecule has 0 N–H and O–H groups in total. The highest BCUT2D eigenvalue weighted by Gasteiger charge is 2.29. The SMILES string of the molecule is CC(=O)C(=Cc1ccc(C(F)(F)F)cc1)C(=O)[O-]. The summed E-state index contributed by atoms with van der Waals surface area (Å²) < 4.78 is 36.8. The standard InChI is InChI=1S/C12H9F3O3/c1-7(16)10(11(17)18)6-8-2-4-9(5-3-8)12(13,14)15/h2-6H,1H3,(H,17,18)/p-1. The van der Waals surface area contributed by atoms with E-state index >= 15 is 0 Å². The second-order valence-electron chi connectivity index (χ2n) is 3.52. The Morgan fingerprint density at radius 2 is 1.67 bits per heavy atom. The molecule has 0 amide bonds. The number of aliphatic carboxylic acids is 1. The molecule has 0 saturated carbocycles. The fourth-order valence-corrected chi connectivity index (χ4v) is 1.24. The van der Waals surface area contributed by atoms with Crippen molar-refractivity contribution in [2.45, 2.75) is 13.1 Å². The Bertz CT molecular complexity index is 482. The van der Waals surface area contributed by atoms with E-state index in [0.717, 1.165) is 37.3 Å². The molecule has 0 aliphatic carbocycles. The molecule has 0 unspecified atom stereocenters. The summed E-state index contributed by atoms with van der Waals surface area (Å²) in [7, 11) is 0. The number of ketones is 1. The molecule has 0 atom stereocenters. The van der Waals surface area contributed by atoms with E-state index in [0.29, 0.717) is 0 Å². The van der Waals surface area contributed by atoms with Gasteiger partial charge in [0.2, 0.25) is 0 Å². The van der Waals surface area contributed by atoms with Crippen molar-refractivity contribution in [1.82, 2.24) is 0 Å². The molecule has 0 aliphatic heterocycles. The quantitative estimate of drug-likeness (QED) is 0.467. The molecule has 6 heteroatoms. The van der Waals surface area contributed by atoms with Crippen molar-refractivity contribution in [3.63, 3.8) is 0 Å². The third-order valence-electron chi connectivity index (χ3n) is 2.15. The number of carbonyl (C=O) groups excluding carboxylic acids is 2. The van der Waals surface area contributed by atoms with Gasteiger partial charge in [-0.05, 0) is 30.7 Å². The predicted octanol–water partition coefficient (Wildman–Crippen LogP) is 1.43. The molecule has 1 aromatic carbocycles. The van der Waals surface area contributed by atoms with Crippen LogP contribution in [-0.2, 0) is 15.8 Å². The van der Waals surface area contributed by atoms with Crippen molar-refractivity contribution in [3.05, 3.63) is 41.0 Å². The fraction of sp³-hybridized carbons (Fsp3) is 0.167. The first-order valence-electron chi connectivity index (χ1n) is 4.83. The smallest absolute Gasteiger partial charge is 0.416 e. The van der Waals surface area contributed by atoms with Crippen LogP contribution in [0.2, 0.25) is 0 Å². The first kappa shape index (κ1) is 14.0. The third kappa shape index (κ3) is 3.44. The number of hydrogen-bond donors (Lipinski definition) is 0. The number of carboxylic acid groups (broad SMARTS) is 1. The van der Waals surface area contributed by atoms with Crippen LogP contribution in [0.3, 0.4) is 0 Å². The van der Waals surface area contributed by atoms with E-state index in [1.54, 1.807) is 0 Å². The highest BCUT2D eigenvalue weighted by atomic mass is 19.4. The Morgan fingerprint density at radius 3 is 2.00 bits per heavy atom. The average Bonchev–Trinajstić information content (AvgIpc) is 2.24. The average molecular weight is 257 g/mol. The van der Waals surface area contributed by atoms with Gasteiger partial charge in [-0.3, -0.25) is 4.79 Å². The molecule has 0 fully saturated rings. The molecule has 18 heavy (non-hydrogen) atoms. The molecule has 0 aliphatic rings. The van der Waals surface area contributed by atoms with Crippen LogP contribution in [-0.4, -0.2) is 11.8 Å². The van der Waals surface area contributed by atoms with Crippen molar-refractivity contribution in [3.8, 4) is 0 Å². The molecular formula is C12H8F3O3-. The minimum Gasteiger partial charge on any atom is -0.545 e. The van der Waals surface area contributed by atoms with Crippen LogP contribution in [0.4, 0.5) is 13.2 Å². The van der Waals surface area contributed by atoms with Crippen molar-refractivity contribution in [2.75, 3.05) is 0 Å². The topological polar surface area (TPSA) is 57.2 Å². The molecular weight excluding hydrogens is 249 g/mol. The second kappa shape index (κ2) is 5.03. The van der Waals surface area contributed by atoms with E-state index in [4.69, 9.17) is 0 Å². The minimum atomic E-state index is -4.46. The summed E-state index contributed by atoms with van der Waals surface area (Å²) in [4.78, 5) is 21.5. The number of carbonyl (C=O) groups is 2. The Morgan fingerprint density at radius 1 is 1.17 bits per heavy atom. The van der Waals surface area contributed by atoms with Gasteiger partial charge >= 0.3 is 6.18 Å². The van der Waals surface area contributed by atoms with Crippen LogP contribution >= 0.6 is 0 Å². The molecule has 0 heterocycles. The number of Topliss-reactive ketones (excluding diaryl/α,β-unsaturated/α-hetero) is 1. The van der Waals surface area contributed by atoms with E-state index < -0.39 is 29.1 Å². The summed E-state index contributed by atoms with van der Waals surface area (Å²) in [5, 5.41) is 10.6. The lowest BCUT2D eigenvalue weighted by Crippen LogP contribution is -2.27. The van der Waals surface area contributed by atoms with Crippen molar-refractivity contribution in [1.29, 1.82) is 0 Å². The van der Waals surface area contributed by atoms with Gasteiger partial charge in [0.05, 0.1) is 11.5 Å². The van der Waals surface area contributed by atoms with Gasteiger partial charge in [0.25, 0.3) is 0 Å². The lowest BCUT2D eigenvalue weighted by molar-refractivity contribution is -0.298. The van der Waals surface area contributed by atoms with E-state index in [-0.39, 0.29) is 5.56 Å².